The summed E-state index contributed by atoms with van der Waals surface area (Å²) in [7, 11) is 0. The summed E-state index contributed by atoms with van der Waals surface area (Å²) in [6.07, 6.45) is 0. The van der Waals surface area contributed by atoms with E-state index in [0.717, 1.165) is 12.4 Å². The first-order valence-electron chi connectivity index (χ1n) is 4.95. The monoisotopic (exact) mass is 176 g/mol. The highest BCUT2D eigenvalue weighted by Crippen LogP contribution is 2.35. The predicted octanol–water partition coefficient (Wildman–Crippen LogP) is 3.31. The Hall–Kier alpha value is -0.980. The second kappa shape index (κ2) is 3.06. The molecule has 0 spiro atoms. The molecule has 1 aliphatic heterocycles. The van der Waals surface area contributed by atoms with Gasteiger partial charge >= 0.3 is 0 Å². The first-order valence-corrected chi connectivity index (χ1v) is 4.95. The normalized spacial score (nSPS) is 20.2. The van der Waals surface area contributed by atoms with E-state index in [1.807, 2.05) is 0 Å². The van der Waals surface area contributed by atoms with Gasteiger partial charge in [-0.3, -0.25) is 0 Å². The third kappa shape index (κ3) is 1.43. The zero-order valence-corrected chi connectivity index (χ0v) is 8.50. The molecule has 0 fully saturated rings. The van der Waals surface area contributed by atoms with E-state index in [0.29, 0.717) is 11.8 Å². The predicted molar refractivity (Wildman–Crippen MR) is 54.4 cm³/mol. The van der Waals surface area contributed by atoms with Crippen molar-refractivity contribution >= 4 is 0 Å². The molecule has 0 radical (unpaired) electrons. The maximum absolute atomic E-state index is 5.55. The van der Waals surface area contributed by atoms with Gasteiger partial charge in [0.05, 0.1) is 6.61 Å². The molecule has 13 heavy (non-hydrogen) atoms. The van der Waals surface area contributed by atoms with Crippen LogP contribution in [0.4, 0.5) is 0 Å². The summed E-state index contributed by atoms with van der Waals surface area (Å²) in [5.74, 6) is 2.25. The Balaban J connectivity index is 2.42. The van der Waals surface area contributed by atoms with E-state index < -0.39 is 0 Å². The van der Waals surface area contributed by atoms with Crippen molar-refractivity contribution in [3.8, 4) is 5.75 Å². The third-order valence-electron chi connectivity index (χ3n) is 2.72. The minimum Gasteiger partial charge on any atom is -0.493 e. The number of fused-ring (bicyclic) bond motifs is 1. The van der Waals surface area contributed by atoms with Crippen LogP contribution in [0.2, 0.25) is 0 Å². The van der Waals surface area contributed by atoms with E-state index >= 15 is 0 Å². The zero-order chi connectivity index (χ0) is 9.42. The van der Waals surface area contributed by atoms with Crippen LogP contribution < -0.4 is 4.74 Å². The molecule has 1 atom stereocenters. The Kier molecular flexibility index (Phi) is 2.03. The number of benzene rings is 1. The molecule has 0 amide bonds. The van der Waals surface area contributed by atoms with Crippen molar-refractivity contribution in [2.75, 3.05) is 6.61 Å². The second-order valence-electron chi connectivity index (χ2n) is 4.16. The van der Waals surface area contributed by atoms with Gasteiger partial charge in [0.1, 0.15) is 5.75 Å². The van der Waals surface area contributed by atoms with Gasteiger partial charge in [-0.1, -0.05) is 32.9 Å². The van der Waals surface area contributed by atoms with Gasteiger partial charge in [0.15, 0.2) is 0 Å². The number of rotatable bonds is 1. The van der Waals surface area contributed by atoms with Crippen LogP contribution in [0.25, 0.3) is 0 Å². The van der Waals surface area contributed by atoms with Gasteiger partial charge in [-0.2, -0.15) is 0 Å². The lowest BCUT2D eigenvalue weighted by atomic mass is 9.96. The zero-order valence-electron chi connectivity index (χ0n) is 8.50. The molecule has 0 aromatic heterocycles. The van der Waals surface area contributed by atoms with Crippen molar-refractivity contribution in [3.63, 3.8) is 0 Å². The smallest absolute Gasteiger partial charge is 0.122 e. The molecule has 1 aromatic carbocycles. The van der Waals surface area contributed by atoms with Crippen LogP contribution in [-0.4, -0.2) is 6.61 Å². The molecule has 0 saturated heterocycles. The minimum absolute atomic E-state index is 0.564. The van der Waals surface area contributed by atoms with Gasteiger partial charge in [0.25, 0.3) is 0 Å². The quantitative estimate of drug-likeness (QED) is 0.638. The lowest BCUT2D eigenvalue weighted by Gasteiger charge is -2.08. The molecule has 1 aliphatic rings. The fourth-order valence-electron chi connectivity index (χ4n) is 1.75. The lowest BCUT2D eigenvalue weighted by Crippen LogP contribution is -1.94. The van der Waals surface area contributed by atoms with E-state index in [9.17, 15) is 0 Å². The van der Waals surface area contributed by atoms with Crippen LogP contribution in [0.5, 0.6) is 5.75 Å². The van der Waals surface area contributed by atoms with Crippen LogP contribution in [0.3, 0.4) is 0 Å². The largest absolute Gasteiger partial charge is 0.493 e. The molecule has 1 heterocycles. The van der Waals surface area contributed by atoms with Crippen LogP contribution in [0.1, 0.15) is 43.7 Å². The molecule has 70 valence electrons. The lowest BCUT2D eigenvalue weighted by molar-refractivity contribution is 0.337. The fourth-order valence-corrected chi connectivity index (χ4v) is 1.75. The van der Waals surface area contributed by atoms with E-state index in [4.69, 9.17) is 4.74 Å². The molecule has 0 aliphatic carbocycles. The van der Waals surface area contributed by atoms with E-state index in [1.54, 1.807) is 0 Å². The van der Waals surface area contributed by atoms with Gasteiger partial charge < -0.3 is 4.74 Å². The standard InChI is InChI=1S/C12H16O/c1-8(2)10-4-5-12-11(6-10)9(3)7-13-12/h4-6,8-9H,7H2,1-3H3. The Labute approximate surface area is 79.7 Å². The number of hydrogen-bond donors (Lipinski definition) is 0. The Morgan fingerprint density at radius 3 is 2.85 bits per heavy atom. The van der Waals surface area contributed by atoms with Gasteiger partial charge in [0, 0.05) is 11.5 Å². The molecule has 2 rings (SSSR count). The highest BCUT2D eigenvalue weighted by atomic mass is 16.5. The Morgan fingerprint density at radius 2 is 2.15 bits per heavy atom. The third-order valence-corrected chi connectivity index (χ3v) is 2.72. The fraction of sp³-hybridized carbons (Fsp3) is 0.500. The summed E-state index contributed by atoms with van der Waals surface area (Å²) in [5.41, 5.74) is 2.79. The Bertz CT molecular complexity index is 315. The van der Waals surface area contributed by atoms with Crippen LogP contribution >= 0.6 is 0 Å². The van der Waals surface area contributed by atoms with Gasteiger partial charge in [-0.05, 0) is 17.5 Å². The maximum atomic E-state index is 5.55. The highest BCUT2D eigenvalue weighted by molar-refractivity contribution is 5.43. The van der Waals surface area contributed by atoms with Crippen molar-refractivity contribution in [3.05, 3.63) is 29.3 Å². The molecule has 1 unspecified atom stereocenters. The summed E-state index contributed by atoms with van der Waals surface area (Å²) >= 11 is 0. The molecule has 0 bridgehead atoms. The minimum atomic E-state index is 0.564. The van der Waals surface area contributed by atoms with E-state index in [1.165, 1.54) is 11.1 Å². The second-order valence-corrected chi connectivity index (χ2v) is 4.16. The number of hydrogen-bond acceptors (Lipinski definition) is 1. The van der Waals surface area contributed by atoms with E-state index in [2.05, 4.69) is 39.0 Å². The van der Waals surface area contributed by atoms with Crippen LogP contribution in [0.15, 0.2) is 18.2 Å². The Morgan fingerprint density at radius 1 is 1.38 bits per heavy atom. The van der Waals surface area contributed by atoms with Crippen LogP contribution in [-0.2, 0) is 0 Å². The average molecular weight is 176 g/mol. The molecule has 0 N–H and O–H groups in total. The summed E-state index contributed by atoms with van der Waals surface area (Å²) in [6.45, 7) is 7.51. The number of ether oxygens (including phenoxy) is 1. The molecular weight excluding hydrogens is 160 g/mol. The van der Waals surface area contributed by atoms with E-state index in [-0.39, 0.29) is 0 Å². The van der Waals surface area contributed by atoms with Crippen molar-refractivity contribution in [1.29, 1.82) is 0 Å². The first kappa shape index (κ1) is 8.61. The summed E-state index contributed by atoms with van der Waals surface area (Å²) < 4.78 is 5.55. The topological polar surface area (TPSA) is 9.23 Å². The van der Waals surface area contributed by atoms with Gasteiger partial charge in [-0.25, -0.2) is 0 Å². The van der Waals surface area contributed by atoms with Crippen LogP contribution in [0, 0.1) is 0 Å². The van der Waals surface area contributed by atoms with Gasteiger partial charge in [0.2, 0.25) is 0 Å². The van der Waals surface area contributed by atoms with Crippen molar-refractivity contribution in [2.45, 2.75) is 32.6 Å². The highest BCUT2D eigenvalue weighted by Gasteiger charge is 2.20. The van der Waals surface area contributed by atoms with Crippen molar-refractivity contribution in [1.82, 2.24) is 0 Å². The summed E-state index contributed by atoms with van der Waals surface area (Å²) in [6, 6.07) is 6.56. The molecule has 1 aromatic rings. The van der Waals surface area contributed by atoms with Crippen molar-refractivity contribution in [2.24, 2.45) is 0 Å². The molecule has 1 heteroatoms. The summed E-state index contributed by atoms with van der Waals surface area (Å²) in [4.78, 5) is 0. The SMILES string of the molecule is CC(C)c1ccc2c(c1)C(C)CO2. The molecular formula is C12H16O. The molecule has 1 nitrogen and oxygen atoms in total. The average Bonchev–Trinajstić information content (AvgIpc) is 2.47. The molecule has 0 saturated carbocycles. The summed E-state index contributed by atoms with van der Waals surface area (Å²) in [5, 5.41) is 0. The van der Waals surface area contributed by atoms with Gasteiger partial charge in [-0.15, -0.1) is 0 Å². The maximum Gasteiger partial charge on any atom is 0.122 e. The van der Waals surface area contributed by atoms with Crippen molar-refractivity contribution < 1.29 is 4.74 Å². The first-order chi connectivity index (χ1) is 6.18.